The van der Waals surface area contributed by atoms with E-state index in [0.29, 0.717) is 6.54 Å². The molecular formula is C19H31BNO4. The van der Waals surface area contributed by atoms with E-state index in [1.807, 2.05) is 58.9 Å². The van der Waals surface area contributed by atoms with E-state index < -0.39 is 16.8 Å². The minimum Gasteiger partial charge on any atom is -0.444 e. The fraction of sp³-hybridized carbons (Fsp3) is 0.632. The molecule has 0 aliphatic rings. The number of carbonyl (C=O) groups is 1. The Morgan fingerprint density at radius 1 is 1.12 bits per heavy atom. The van der Waals surface area contributed by atoms with Crippen molar-refractivity contribution in [3.8, 4) is 0 Å². The number of ether oxygens (including phenoxy) is 1. The zero-order valence-electron chi connectivity index (χ0n) is 16.7. The molecule has 0 unspecified atom stereocenters. The summed E-state index contributed by atoms with van der Waals surface area (Å²) in [4.78, 5) is 13.7. The van der Waals surface area contributed by atoms with Gasteiger partial charge in [-0.05, 0) is 59.5 Å². The van der Waals surface area contributed by atoms with E-state index in [-0.39, 0.29) is 6.09 Å². The summed E-state index contributed by atoms with van der Waals surface area (Å²) in [6.07, 6.45) is -0.375. The molecule has 6 heteroatoms. The smallest absolute Gasteiger partial charge is 0.410 e. The van der Waals surface area contributed by atoms with Crippen molar-refractivity contribution >= 4 is 19.0 Å². The number of rotatable bonds is 6. The molecule has 0 saturated carbocycles. The maximum atomic E-state index is 12.2. The van der Waals surface area contributed by atoms with Gasteiger partial charge in [-0.3, -0.25) is 0 Å². The number of amides is 1. The second-order valence-corrected chi connectivity index (χ2v) is 8.34. The minimum atomic E-state index is -0.994. The second kappa shape index (κ2) is 7.79. The maximum Gasteiger partial charge on any atom is 0.410 e. The van der Waals surface area contributed by atoms with Crippen molar-refractivity contribution < 1.29 is 19.3 Å². The lowest BCUT2D eigenvalue weighted by atomic mass is 9.80. The molecule has 0 aromatic heterocycles. The number of aliphatic hydroxyl groups is 1. The summed E-state index contributed by atoms with van der Waals surface area (Å²) >= 11 is 0. The fourth-order valence-electron chi connectivity index (χ4n) is 1.81. The van der Waals surface area contributed by atoms with Crippen molar-refractivity contribution in [1.29, 1.82) is 0 Å². The van der Waals surface area contributed by atoms with Crippen molar-refractivity contribution in [2.75, 3.05) is 7.05 Å². The van der Waals surface area contributed by atoms with Gasteiger partial charge in [0.25, 0.3) is 0 Å². The first-order chi connectivity index (χ1) is 11.2. The highest BCUT2D eigenvalue weighted by Crippen LogP contribution is 2.24. The zero-order chi connectivity index (χ0) is 19.5. The molecule has 0 atom stereocenters. The van der Waals surface area contributed by atoms with Gasteiger partial charge in [0.1, 0.15) is 5.60 Å². The molecule has 25 heavy (non-hydrogen) atoms. The normalized spacial score (nSPS) is 12.7. The molecule has 139 valence electrons. The van der Waals surface area contributed by atoms with Crippen molar-refractivity contribution in [3.05, 3.63) is 29.8 Å². The first-order valence-corrected chi connectivity index (χ1v) is 8.48. The summed E-state index contributed by atoms with van der Waals surface area (Å²) in [5.74, 6) is 0. The number of hydrogen-bond acceptors (Lipinski definition) is 4. The third-order valence-corrected chi connectivity index (χ3v) is 4.12. The topological polar surface area (TPSA) is 59.0 Å². The summed E-state index contributed by atoms with van der Waals surface area (Å²) in [5.41, 5.74) is -0.489. The highest BCUT2D eigenvalue weighted by molar-refractivity contribution is 6.47. The van der Waals surface area contributed by atoms with Gasteiger partial charge in [0, 0.05) is 13.6 Å². The molecule has 1 amide bonds. The molecule has 5 nitrogen and oxygen atoms in total. The number of benzene rings is 1. The Morgan fingerprint density at radius 2 is 1.68 bits per heavy atom. The highest BCUT2D eigenvalue weighted by atomic mass is 16.6. The Bertz CT molecular complexity index is 588. The van der Waals surface area contributed by atoms with Gasteiger partial charge in [0.15, 0.2) is 0 Å². The van der Waals surface area contributed by atoms with E-state index in [9.17, 15) is 9.90 Å². The van der Waals surface area contributed by atoms with Gasteiger partial charge in [-0.15, -0.1) is 0 Å². The number of hydrogen-bond donors (Lipinski definition) is 1. The molecule has 0 fully saturated rings. The molecule has 0 bridgehead atoms. The summed E-state index contributed by atoms with van der Waals surface area (Å²) in [5, 5.41) is 10.2. The Hall–Kier alpha value is -1.53. The lowest BCUT2D eigenvalue weighted by Gasteiger charge is -2.37. The van der Waals surface area contributed by atoms with Crippen LogP contribution < -0.4 is 5.46 Å². The minimum absolute atomic E-state index is 0.375. The van der Waals surface area contributed by atoms with Crippen LogP contribution in [0.15, 0.2) is 24.3 Å². The molecule has 0 saturated heterocycles. The molecule has 0 heterocycles. The van der Waals surface area contributed by atoms with Crippen LogP contribution in [0.25, 0.3) is 0 Å². The highest BCUT2D eigenvalue weighted by Gasteiger charge is 2.35. The van der Waals surface area contributed by atoms with E-state index in [0.717, 1.165) is 11.0 Å². The summed E-state index contributed by atoms with van der Waals surface area (Å²) in [6, 6.07) is 7.67. The molecule has 1 aromatic carbocycles. The predicted octanol–water partition coefficient (Wildman–Crippen LogP) is 2.86. The van der Waals surface area contributed by atoms with Gasteiger partial charge in [-0.2, -0.15) is 0 Å². The van der Waals surface area contributed by atoms with Gasteiger partial charge in [0.05, 0.1) is 11.2 Å². The van der Waals surface area contributed by atoms with Crippen molar-refractivity contribution in [1.82, 2.24) is 4.90 Å². The van der Waals surface area contributed by atoms with Crippen molar-refractivity contribution in [3.63, 3.8) is 0 Å². The van der Waals surface area contributed by atoms with E-state index in [2.05, 4.69) is 0 Å². The van der Waals surface area contributed by atoms with Crippen LogP contribution in [0.1, 0.15) is 54.0 Å². The first kappa shape index (κ1) is 21.5. The maximum absolute atomic E-state index is 12.2. The summed E-state index contributed by atoms with van der Waals surface area (Å²) in [6.45, 7) is 13.0. The number of nitrogens with zero attached hydrogens (tertiary/aromatic N) is 1. The van der Waals surface area contributed by atoms with Gasteiger partial charge in [0.2, 0.25) is 0 Å². The monoisotopic (exact) mass is 348 g/mol. The Labute approximate surface area is 152 Å². The zero-order valence-corrected chi connectivity index (χ0v) is 16.7. The van der Waals surface area contributed by atoms with E-state index in [1.165, 1.54) is 4.90 Å². The van der Waals surface area contributed by atoms with Crippen LogP contribution >= 0.6 is 0 Å². The van der Waals surface area contributed by atoms with Crippen LogP contribution in [0.5, 0.6) is 0 Å². The van der Waals surface area contributed by atoms with E-state index >= 15 is 0 Å². The standard InChI is InChI=1S/C19H31BNO4/c1-17(2,3)24-16(22)21(8)13-14-11-9-10-12-15(14)20-25-19(6,7)18(4,5)23/h9-12,23H,13H2,1-8H3. The molecule has 1 rings (SSSR count). The average molecular weight is 348 g/mol. The van der Waals surface area contributed by atoms with E-state index in [1.54, 1.807) is 28.4 Å². The molecule has 0 aliphatic heterocycles. The van der Waals surface area contributed by atoms with Gasteiger partial charge < -0.3 is 19.4 Å². The van der Waals surface area contributed by atoms with Gasteiger partial charge in [-0.1, -0.05) is 24.3 Å². The average Bonchev–Trinajstić information content (AvgIpc) is 2.43. The lowest BCUT2D eigenvalue weighted by molar-refractivity contribution is -0.0893. The third-order valence-electron chi connectivity index (χ3n) is 4.12. The van der Waals surface area contributed by atoms with E-state index in [4.69, 9.17) is 9.39 Å². The van der Waals surface area contributed by atoms with Crippen LogP contribution in [0, 0.1) is 0 Å². The largest absolute Gasteiger partial charge is 0.444 e. The van der Waals surface area contributed by atoms with Gasteiger partial charge in [-0.25, -0.2) is 4.79 Å². The quantitative estimate of drug-likeness (QED) is 0.803. The number of carbonyl (C=O) groups excluding carboxylic acids is 1. The van der Waals surface area contributed by atoms with Crippen LogP contribution in [-0.2, 0) is 15.9 Å². The molecule has 1 N–H and O–H groups in total. The molecule has 0 spiro atoms. The molecule has 1 radical (unpaired) electrons. The Balaban J connectivity index is 2.82. The van der Waals surface area contributed by atoms with Crippen molar-refractivity contribution in [2.24, 2.45) is 0 Å². The molecule has 1 aromatic rings. The predicted molar refractivity (Wildman–Crippen MR) is 101 cm³/mol. The van der Waals surface area contributed by atoms with Crippen LogP contribution in [-0.4, -0.2) is 47.4 Å². The van der Waals surface area contributed by atoms with Crippen LogP contribution in [0.4, 0.5) is 4.79 Å². The molecule has 0 aliphatic carbocycles. The molecular weight excluding hydrogens is 317 g/mol. The Morgan fingerprint density at radius 3 is 2.20 bits per heavy atom. The van der Waals surface area contributed by atoms with Gasteiger partial charge >= 0.3 is 13.6 Å². The lowest BCUT2D eigenvalue weighted by Crippen LogP contribution is -2.49. The SMILES string of the molecule is CN(Cc1ccccc1[B]OC(C)(C)C(C)(C)O)C(=O)OC(C)(C)C. The van der Waals surface area contributed by atoms with Crippen molar-refractivity contribution in [2.45, 2.75) is 71.8 Å². The summed E-state index contributed by atoms with van der Waals surface area (Å²) in [7, 11) is 3.34. The first-order valence-electron chi connectivity index (χ1n) is 8.48. The second-order valence-electron chi connectivity index (χ2n) is 8.34. The van der Waals surface area contributed by atoms with Crippen LogP contribution in [0.2, 0.25) is 0 Å². The Kier molecular flexibility index (Phi) is 6.71. The van der Waals surface area contributed by atoms with Crippen LogP contribution in [0.3, 0.4) is 0 Å². The third kappa shape index (κ3) is 6.71. The fourth-order valence-corrected chi connectivity index (χ4v) is 1.81. The summed E-state index contributed by atoms with van der Waals surface area (Å²) < 4.78 is 11.2.